The van der Waals surface area contributed by atoms with Crippen molar-refractivity contribution >= 4 is 54.6 Å². The molecule has 5 nitrogen and oxygen atoms in total. The minimum atomic E-state index is 0.598. The minimum absolute atomic E-state index is 0.598. The van der Waals surface area contributed by atoms with Crippen LogP contribution < -0.4 is 0 Å². The normalized spacial score (nSPS) is 11.8. The van der Waals surface area contributed by atoms with Gasteiger partial charge in [-0.3, -0.25) is 4.57 Å². The fraction of sp³-hybridized carbons (Fsp3) is 0. The first-order valence-electron chi connectivity index (χ1n) is 16.1. The number of hydrogen-bond donors (Lipinski definition) is 0. The molecule has 0 atom stereocenters. The first-order valence-corrected chi connectivity index (χ1v) is 16.1. The summed E-state index contributed by atoms with van der Waals surface area (Å²) in [4.78, 5) is 15.4. The number of nitrogens with zero attached hydrogens (tertiary/aromatic N) is 5. The first-order chi connectivity index (χ1) is 23.8. The maximum absolute atomic E-state index is 5.32. The summed E-state index contributed by atoms with van der Waals surface area (Å²) in [5.74, 6) is 0.598. The SMILES string of the molecule is c1ccc(-c2ccc(-c3nc(-n4c5cc6c7ccccc7n(-c7ccccc7)c6cc5c5cccnc54)nc4ccccc34)cc2)cc1. The van der Waals surface area contributed by atoms with Crippen LogP contribution in [0.4, 0.5) is 0 Å². The molecule has 10 aromatic rings. The average molecular weight is 614 g/mol. The van der Waals surface area contributed by atoms with E-state index in [1.54, 1.807) is 0 Å². The molecule has 0 saturated heterocycles. The number of para-hydroxylation sites is 3. The van der Waals surface area contributed by atoms with Crippen LogP contribution in [0.15, 0.2) is 164 Å². The molecule has 0 saturated carbocycles. The van der Waals surface area contributed by atoms with Gasteiger partial charge in [-0.25, -0.2) is 15.0 Å². The van der Waals surface area contributed by atoms with Crippen molar-refractivity contribution in [1.82, 2.24) is 24.1 Å². The van der Waals surface area contributed by atoms with Crippen LogP contribution in [0.3, 0.4) is 0 Å². The van der Waals surface area contributed by atoms with E-state index in [0.717, 1.165) is 55.3 Å². The van der Waals surface area contributed by atoms with Gasteiger partial charge in [-0.1, -0.05) is 109 Å². The molecule has 0 N–H and O–H groups in total. The zero-order chi connectivity index (χ0) is 31.6. The van der Waals surface area contributed by atoms with Crippen molar-refractivity contribution in [1.29, 1.82) is 0 Å². The Morgan fingerprint density at radius 3 is 1.81 bits per heavy atom. The summed E-state index contributed by atoms with van der Waals surface area (Å²) in [5, 5.41) is 5.54. The predicted molar refractivity (Wildman–Crippen MR) is 197 cm³/mol. The van der Waals surface area contributed by atoms with Gasteiger partial charge in [0.15, 0.2) is 0 Å². The Hall–Kier alpha value is -6.59. The lowest BCUT2D eigenvalue weighted by atomic mass is 10.0. The Balaban J connectivity index is 1.25. The van der Waals surface area contributed by atoms with Crippen LogP contribution >= 0.6 is 0 Å². The Morgan fingerprint density at radius 1 is 0.396 bits per heavy atom. The molecule has 0 spiro atoms. The van der Waals surface area contributed by atoms with Crippen molar-refractivity contribution in [3.8, 4) is 34.0 Å². The topological polar surface area (TPSA) is 48.5 Å². The molecule has 0 amide bonds. The fourth-order valence-corrected chi connectivity index (χ4v) is 7.20. The maximum Gasteiger partial charge on any atom is 0.237 e. The second-order valence-corrected chi connectivity index (χ2v) is 12.1. The van der Waals surface area contributed by atoms with Gasteiger partial charge in [0.1, 0.15) is 5.65 Å². The Morgan fingerprint density at radius 2 is 1.00 bits per heavy atom. The number of aromatic nitrogens is 5. The highest BCUT2D eigenvalue weighted by atomic mass is 15.2. The van der Waals surface area contributed by atoms with Crippen LogP contribution in [0.25, 0.3) is 88.7 Å². The highest BCUT2D eigenvalue weighted by molar-refractivity contribution is 6.18. The molecule has 4 heterocycles. The summed E-state index contributed by atoms with van der Waals surface area (Å²) in [6.45, 7) is 0. The van der Waals surface area contributed by atoms with Crippen LogP contribution in [0.1, 0.15) is 0 Å². The van der Waals surface area contributed by atoms with Crippen molar-refractivity contribution in [3.63, 3.8) is 0 Å². The molecule has 0 bridgehead atoms. The summed E-state index contributed by atoms with van der Waals surface area (Å²) >= 11 is 0. The van der Waals surface area contributed by atoms with E-state index in [9.17, 15) is 0 Å². The van der Waals surface area contributed by atoms with Crippen LogP contribution in [0.2, 0.25) is 0 Å². The maximum atomic E-state index is 5.32. The average Bonchev–Trinajstić information content (AvgIpc) is 3.66. The second-order valence-electron chi connectivity index (χ2n) is 12.1. The highest BCUT2D eigenvalue weighted by Crippen LogP contribution is 2.39. The van der Waals surface area contributed by atoms with Gasteiger partial charge in [0.2, 0.25) is 5.95 Å². The van der Waals surface area contributed by atoms with Crippen molar-refractivity contribution in [2.24, 2.45) is 0 Å². The van der Waals surface area contributed by atoms with Crippen molar-refractivity contribution in [2.75, 3.05) is 0 Å². The molecule has 224 valence electrons. The van der Waals surface area contributed by atoms with Gasteiger partial charge in [-0.05, 0) is 59.7 Å². The minimum Gasteiger partial charge on any atom is -0.309 e. The van der Waals surface area contributed by atoms with Gasteiger partial charge < -0.3 is 4.57 Å². The van der Waals surface area contributed by atoms with E-state index in [-0.39, 0.29) is 0 Å². The van der Waals surface area contributed by atoms with Crippen LogP contribution in [-0.4, -0.2) is 24.1 Å². The van der Waals surface area contributed by atoms with Crippen molar-refractivity contribution in [2.45, 2.75) is 0 Å². The van der Waals surface area contributed by atoms with Gasteiger partial charge in [0.05, 0.1) is 27.8 Å². The Bertz CT molecular complexity index is 2810. The van der Waals surface area contributed by atoms with E-state index in [1.807, 2.05) is 24.4 Å². The van der Waals surface area contributed by atoms with Crippen LogP contribution in [-0.2, 0) is 0 Å². The molecule has 0 aliphatic carbocycles. The molecule has 0 radical (unpaired) electrons. The summed E-state index contributed by atoms with van der Waals surface area (Å²) in [6.07, 6.45) is 1.85. The third kappa shape index (κ3) is 4.01. The monoisotopic (exact) mass is 613 g/mol. The number of fused-ring (bicyclic) bond motifs is 7. The van der Waals surface area contributed by atoms with Gasteiger partial charge in [-0.15, -0.1) is 0 Å². The Labute approximate surface area is 276 Å². The number of benzene rings is 6. The molecule has 0 unspecified atom stereocenters. The van der Waals surface area contributed by atoms with Crippen molar-refractivity contribution in [3.05, 3.63) is 164 Å². The summed E-state index contributed by atoms with van der Waals surface area (Å²) in [6, 6.07) is 55.3. The summed E-state index contributed by atoms with van der Waals surface area (Å²) in [7, 11) is 0. The quantitative estimate of drug-likeness (QED) is 0.198. The zero-order valence-electron chi connectivity index (χ0n) is 25.8. The third-order valence-corrected chi connectivity index (χ3v) is 9.39. The molecule has 10 rings (SSSR count). The largest absolute Gasteiger partial charge is 0.309 e. The van der Waals surface area contributed by atoms with Crippen LogP contribution in [0.5, 0.6) is 0 Å². The molecule has 0 aliphatic heterocycles. The molecular formula is C43H27N5. The standard InChI is InChI=1S/C43H27N5/c1-3-12-28(13-4-1)29-21-23-30(24-22-29)41-34-17-7-9-19-37(34)45-43(46-41)48-40-26-35-32-16-8-10-20-38(32)47(31-14-5-2-6-15-31)39(35)27-36(40)33-18-11-25-44-42(33)48/h1-27H. The molecule has 0 aliphatic rings. The Kier molecular flexibility index (Phi) is 5.81. The molecule has 0 fully saturated rings. The lowest BCUT2D eigenvalue weighted by molar-refractivity contribution is 0.998. The van der Waals surface area contributed by atoms with E-state index < -0.39 is 0 Å². The summed E-state index contributed by atoms with van der Waals surface area (Å²) in [5.41, 5.74) is 10.5. The van der Waals surface area contributed by atoms with E-state index in [2.05, 4.69) is 149 Å². The van der Waals surface area contributed by atoms with Crippen molar-refractivity contribution < 1.29 is 0 Å². The lowest BCUT2D eigenvalue weighted by Crippen LogP contribution is -2.04. The van der Waals surface area contributed by atoms with Gasteiger partial charge >= 0.3 is 0 Å². The molecule has 6 aromatic carbocycles. The molecule has 4 aromatic heterocycles. The third-order valence-electron chi connectivity index (χ3n) is 9.39. The predicted octanol–water partition coefficient (Wildman–Crippen LogP) is 10.6. The van der Waals surface area contributed by atoms with Gasteiger partial charge in [-0.2, -0.15) is 0 Å². The van der Waals surface area contributed by atoms with E-state index in [0.29, 0.717) is 5.95 Å². The number of rotatable bonds is 4. The molecule has 48 heavy (non-hydrogen) atoms. The smallest absolute Gasteiger partial charge is 0.237 e. The van der Waals surface area contributed by atoms with Gasteiger partial charge in [0, 0.05) is 44.4 Å². The van der Waals surface area contributed by atoms with E-state index in [4.69, 9.17) is 15.0 Å². The van der Waals surface area contributed by atoms with Crippen LogP contribution in [0, 0.1) is 0 Å². The number of hydrogen-bond acceptors (Lipinski definition) is 3. The number of pyridine rings is 1. The summed E-state index contributed by atoms with van der Waals surface area (Å²) < 4.78 is 4.49. The lowest BCUT2D eigenvalue weighted by Gasteiger charge is -2.12. The zero-order valence-corrected chi connectivity index (χ0v) is 25.8. The highest BCUT2D eigenvalue weighted by Gasteiger charge is 2.21. The molecule has 5 heteroatoms. The van der Waals surface area contributed by atoms with Gasteiger partial charge in [0.25, 0.3) is 0 Å². The van der Waals surface area contributed by atoms with E-state index >= 15 is 0 Å². The van der Waals surface area contributed by atoms with E-state index in [1.165, 1.54) is 27.4 Å². The second kappa shape index (κ2) is 10.5. The molecular weight excluding hydrogens is 587 g/mol. The first kappa shape index (κ1) is 26.6. The fourth-order valence-electron chi connectivity index (χ4n) is 7.20.